The first kappa shape index (κ1) is 22.4. The summed E-state index contributed by atoms with van der Waals surface area (Å²) in [7, 11) is 0. The number of carboxylic acid groups (broad SMARTS) is 1. The molecule has 0 saturated heterocycles. The molecule has 1 N–H and O–H groups in total. The Morgan fingerprint density at radius 2 is 1.90 bits per heavy atom. The lowest BCUT2D eigenvalue weighted by atomic mass is 9.46. The second-order valence-electron chi connectivity index (χ2n) is 11.4. The van der Waals surface area contributed by atoms with Gasteiger partial charge in [0.15, 0.2) is 0 Å². The van der Waals surface area contributed by atoms with Gasteiger partial charge in [0.1, 0.15) is 0 Å². The third-order valence-corrected chi connectivity index (χ3v) is 8.37. The van der Waals surface area contributed by atoms with Gasteiger partial charge in [-0.2, -0.15) is 0 Å². The summed E-state index contributed by atoms with van der Waals surface area (Å²) in [5, 5.41) is 9.05. The molecule has 0 aliphatic heterocycles. The maximum atomic E-state index is 12.5. The summed E-state index contributed by atoms with van der Waals surface area (Å²) < 4.78 is 5.80. The van der Waals surface area contributed by atoms with Crippen molar-refractivity contribution in [3.8, 4) is 0 Å². The molecule has 5 atom stereocenters. The molecule has 0 spiro atoms. The van der Waals surface area contributed by atoms with Gasteiger partial charge in [0.2, 0.25) is 0 Å². The molecule has 2 fully saturated rings. The van der Waals surface area contributed by atoms with Crippen LogP contribution in [0, 0.1) is 34.0 Å². The van der Waals surface area contributed by atoms with Crippen LogP contribution >= 0.6 is 0 Å². The fourth-order valence-corrected chi connectivity index (χ4v) is 6.93. The Morgan fingerprint density at radius 1 is 1.17 bits per heavy atom. The largest absolute Gasteiger partial charge is 0.481 e. The van der Waals surface area contributed by atoms with Gasteiger partial charge in [0.25, 0.3) is 0 Å². The molecule has 3 aliphatic rings. The van der Waals surface area contributed by atoms with Crippen molar-refractivity contribution in [2.45, 2.75) is 92.4 Å². The van der Waals surface area contributed by atoms with Gasteiger partial charge in [0, 0.05) is 5.41 Å². The van der Waals surface area contributed by atoms with E-state index in [4.69, 9.17) is 9.84 Å². The van der Waals surface area contributed by atoms with Crippen LogP contribution < -0.4 is 0 Å². The Morgan fingerprint density at radius 3 is 2.59 bits per heavy atom. The van der Waals surface area contributed by atoms with Crippen LogP contribution in [-0.4, -0.2) is 23.7 Å². The lowest BCUT2D eigenvalue weighted by Gasteiger charge is -2.59. The molecule has 2 saturated carbocycles. The first-order valence-corrected chi connectivity index (χ1v) is 11.5. The normalized spacial score (nSPS) is 37.1. The van der Waals surface area contributed by atoms with E-state index >= 15 is 0 Å². The zero-order chi connectivity index (χ0) is 21.4. The van der Waals surface area contributed by atoms with E-state index in [1.807, 2.05) is 13.8 Å². The lowest BCUT2D eigenvalue weighted by Crippen LogP contribution is -2.51. The van der Waals surface area contributed by atoms with Gasteiger partial charge in [-0.1, -0.05) is 52.7 Å². The number of esters is 1. The number of rotatable bonds is 6. The summed E-state index contributed by atoms with van der Waals surface area (Å²) in [4.78, 5) is 23.5. The first-order valence-electron chi connectivity index (χ1n) is 11.5. The minimum Gasteiger partial charge on any atom is -0.481 e. The number of ether oxygens (including phenoxy) is 1. The maximum Gasteiger partial charge on any atom is 0.306 e. The van der Waals surface area contributed by atoms with Crippen LogP contribution in [0.25, 0.3) is 0 Å². The summed E-state index contributed by atoms with van der Waals surface area (Å²) in [5.74, 6) is 0.951. The second-order valence-corrected chi connectivity index (χ2v) is 11.4. The van der Waals surface area contributed by atoms with Crippen molar-refractivity contribution in [2.75, 3.05) is 6.61 Å². The summed E-state index contributed by atoms with van der Waals surface area (Å²) in [6.07, 6.45) is 11.2. The molecule has 29 heavy (non-hydrogen) atoms. The van der Waals surface area contributed by atoms with Gasteiger partial charge >= 0.3 is 11.9 Å². The zero-order valence-corrected chi connectivity index (χ0v) is 19.1. The van der Waals surface area contributed by atoms with Gasteiger partial charge in [-0.15, -0.1) is 0 Å². The van der Waals surface area contributed by atoms with Gasteiger partial charge in [-0.25, -0.2) is 0 Å². The molecule has 3 aliphatic carbocycles. The number of carbonyl (C=O) groups is 2. The molecule has 0 heterocycles. The summed E-state index contributed by atoms with van der Waals surface area (Å²) in [6, 6.07) is 0. The third kappa shape index (κ3) is 4.56. The van der Waals surface area contributed by atoms with E-state index in [0.29, 0.717) is 12.5 Å². The number of fused-ring (bicyclic) bond motifs is 3. The highest BCUT2D eigenvalue weighted by Gasteiger charge is 2.55. The highest BCUT2D eigenvalue weighted by Crippen LogP contribution is 2.63. The highest BCUT2D eigenvalue weighted by atomic mass is 16.5. The molecule has 3 rings (SSSR count). The summed E-state index contributed by atoms with van der Waals surface area (Å²) in [6.45, 7) is 11.3. The van der Waals surface area contributed by atoms with Crippen LogP contribution in [0.15, 0.2) is 11.6 Å². The Kier molecular flexibility index (Phi) is 6.23. The van der Waals surface area contributed by atoms with Gasteiger partial charge in [0.05, 0.1) is 19.4 Å². The zero-order valence-electron chi connectivity index (χ0n) is 19.1. The van der Waals surface area contributed by atoms with Crippen molar-refractivity contribution in [2.24, 2.45) is 34.0 Å². The molecular formula is C25H40O4. The molecule has 164 valence electrons. The topological polar surface area (TPSA) is 63.6 Å². The van der Waals surface area contributed by atoms with Crippen LogP contribution in [0.2, 0.25) is 0 Å². The molecule has 0 aromatic rings. The minimum absolute atomic E-state index is 0.00605. The third-order valence-electron chi connectivity index (χ3n) is 8.37. The van der Waals surface area contributed by atoms with E-state index in [2.05, 4.69) is 26.8 Å². The number of carboxylic acids is 1. The van der Waals surface area contributed by atoms with Crippen molar-refractivity contribution < 1.29 is 19.4 Å². The molecular weight excluding hydrogens is 364 g/mol. The monoisotopic (exact) mass is 404 g/mol. The van der Waals surface area contributed by atoms with E-state index in [1.165, 1.54) is 38.5 Å². The average Bonchev–Trinajstić information content (AvgIpc) is 2.59. The Labute approximate surface area is 176 Å². The van der Waals surface area contributed by atoms with Gasteiger partial charge in [-0.3, -0.25) is 9.59 Å². The minimum atomic E-state index is -0.871. The van der Waals surface area contributed by atoms with E-state index in [9.17, 15) is 9.59 Å². The van der Waals surface area contributed by atoms with Crippen LogP contribution in [0.3, 0.4) is 0 Å². The van der Waals surface area contributed by atoms with Crippen molar-refractivity contribution in [1.82, 2.24) is 0 Å². The molecule has 0 aromatic carbocycles. The second kappa shape index (κ2) is 8.07. The quantitative estimate of drug-likeness (QED) is 0.435. The van der Waals surface area contributed by atoms with Crippen LogP contribution in [-0.2, 0) is 14.3 Å². The molecule has 2 unspecified atom stereocenters. The van der Waals surface area contributed by atoms with Crippen molar-refractivity contribution in [1.29, 1.82) is 0 Å². The van der Waals surface area contributed by atoms with Crippen molar-refractivity contribution in [3.05, 3.63) is 11.6 Å². The van der Waals surface area contributed by atoms with Crippen molar-refractivity contribution >= 4 is 11.9 Å². The average molecular weight is 405 g/mol. The molecule has 4 nitrogen and oxygen atoms in total. The summed E-state index contributed by atoms with van der Waals surface area (Å²) >= 11 is 0. The molecule has 0 aromatic heterocycles. The Balaban J connectivity index is 1.69. The van der Waals surface area contributed by atoms with Crippen LogP contribution in [0.1, 0.15) is 92.4 Å². The van der Waals surface area contributed by atoms with Gasteiger partial charge < -0.3 is 9.84 Å². The molecule has 0 radical (unpaired) electrons. The Hall–Kier alpha value is -1.32. The summed E-state index contributed by atoms with van der Waals surface area (Å²) in [5.41, 5.74) is 1.37. The first-order chi connectivity index (χ1) is 13.5. The van der Waals surface area contributed by atoms with E-state index in [0.717, 1.165) is 18.3 Å². The van der Waals surface area contributed by atoms with Gasteiger partial charge in [-0.05, 0) is 67.1 Å². The Bertz CT molecular complexity index is 678. The predicted octanol–water partition coefficient (Wildman–Crippen LogP) is 6.00. The smallest absolute Gasteiger partial charge is 0.306 e. The van der Waals surface area contributed by atoms with E-state index in [-0.39, 0.29) is 29.6 Å². The SMILES string of the molecule is C[C@@H]1CCC=C2C1CCC1[C@](C)(COC(=O)CC(C)(C)CC(=O)O)CCC[C@@]21C. The maximum absolute atomic E-state index is 12.5. The fourth-order valence-electron chi connectivity index (χ4n) is 6.93. The van der Waals surface area contributed by atoms with Crippen molar-refractivity contribution in [3.63, 3.8) is 0 Å². The predicted molar refractivity (Wildman–Crippen MR) is 114 cm³/mol. The number of aliphatic carboxylic acids is 1. The van der Waals surface area contributed by atoms with E-state index in [1.54, 1.807) is 5.57 Å². The van der Waals surface area contributed by atoms with Crippen LogP contribution in [0.4, 0.5) is 0 Å². The fraction of sp³-hybridized carbons (Fsp3) is 0.840. The molecule has 0 amide bonds. The number of allylic oxidation sites excluding steroid dienone is 2. The lowest BCUT2D eigenvalue weighted by molar-refractivity contribution is -0.155. The number of carbonyl (C=O) groups excluding carboxylic acids is 1. The highest BCUT2D eigenvalue weighted by molar-refractivity contribution is 5.73. The number of hydrogen-bond donors (Lipinski definition) is 1. The molecule has 4 heteroatoms. The standard InChI is InChI=1S/C25H40O4/c1-17-8-6-9-19-18(17)10-11-20-24(4,12-7-13-25(19,20)5)16-29-22(28)15-23(2,3)14-21(26)27/h9,17-18,20H,6-8,10-16H2,1-5H3,(H,26,27)/t17-,18?,20?,24+,25+/m1/s1. The number of hydrogen-bond acceptors (Lipinski definition) is 3. The van der Waals surface area contributed by atoms with E-state index < -0.39 is 11.4 Å². The van der Waals surface area contributed by atoms with Crippen LogP contribution in [0.5, 0.6) is 0 Å². The molecule has 0 bridgehead atoms.